The minimum Gasteiger partial charge on any atom is -0.456 e. The van der Waals surface area contributed by atoms with Crippen LogP contribution >= 0.6 is 0 Å². The van der Waals surface area contributed by atoms with Crippen LogP contribution in [0.4, 0.5) is 0 Å². The van der Waals surface area contributed by atoms with Gasteiger partial charge in [0.15, 0.2) is 0 Å². The van der Waals surface area contributed by atoms with E-state index in [0.717, 1.165) is 11.2 Å². The summed E-state index contributed by atoms with van der Waals surface area (Å²) in [5, 5.41) is 7.44. The molecule has 0 amide bonds. The topological polar surface area (TPSA) is 23.0 Å². The first-order valence-corrected chi connectivity index (χ1v) is 22.2. The molecule has 0 atom stereocenters. The van der Waals surface area contributed by atoms with Crippen LogP contribution in [-0.2, 0) is 10.8 Å². The Bertz CT molecular complexity index is 3980. The molecule has 12 aromatic rings. The van der Waals surface area contributed by atoms with Crippen LogP contribution in [0.3, 0.4) is 0 Å². The Hall–Kier alpha value is -7.62. The van der Waals surface area contributed by atoms with Crippen molar-refractivity contribution in [1.82, 2.24) is 9.13 Å². The summed E-state index contributed by atoms with van der Waals surface area (Å²) in [5.74, 6) is 0. The van der Waals surface area contributed by atoms with E-state index in [2.05, 4.69) is 219 Å². The van der Waals surface area contributed by atoms with Gasteiger partial charge in [0.25, 0.3) is 0 Å². The molecule has 0 bridgehead atoms. The van der Waals surface area contributed by atoms with Crippen molar-refractivity contribution in [2.24, 2.45) is 0 Å². The van der Waals surface area contributed by atoms with E-state index in [1.807, 2.05) is 0 Å². The molecule has 3 heteroatoms. The van der Waals surface area contributed by atoms with Crippen LogP contribution in [0.1, 0.15) is 49.9 Å². The van der Waals surface area contributed by atoms with Crippen molar-refractivity contribution in [2.45, 2.75) is 38.5 Å². The zero-order valence-corrected chi connectivity index (χ0v) is 35.6. The van der Waals surface area contributed by atoms with Crippen LogP contribution in [0.25, 0.3) is 110 Å². The highest BCUT2D eigenvalue weighted by Gasteiger charge is 2.39. The molecule has 0 fully saturated rings. The second-order valence-corrected chi connectivity index (χ2v) is 18.9. The Balaban J connectivity index is 0.941. The summed E-state index contributed by atoms with van der Waals surface area (Å²) in [5.41, 5.74) is 21.9. The molecule has 0 N–H and O–H groups in total. The Labute approximate surface area is 365 Å². The number of rotatable bonds is 3. The summed E-state index contributed by atoms with van der Waals surface area (Å²) in [6.45, 7) is 9.49. The average molecular weight is 807 g/mol. The number of aromatic nitrogens is 2. The molecule has 0 spiro atoms. The van der Waals surface area contributed by atoms with Gasteiger partial charge in [-0.1, -0.05) is 149 Å². The minimum atomic E-state index is -0.233. The summed E-state index contributed by atoms with van der Waals surface area (Å²) in [6.07, 6.45) is 0. The van der Waals surface area contributed by atoms with E-state index in [0.29, 0.717) is 0 Å². The van der Waals surface area contributed by atoms with Crippen molar-refractivity contribution in [3.05, 3.63) is 204 Å². The maximum absolute atomic E-state index is 6.39. The molecule has 63 heavy (non-hydrogen) atoms. The Kier molecular flexibility index (Phi) is 6.70. The van der Waals surface area contributed by atoms with Gasteiger partial charge in [0, 0.05) is 54.5 Å². The molecule has 0 saturated heterocycles. The summed E-state index contributed by atoms with van der Waals surface area (Å²) in [6, 6.07) is 67.8. The number of hydrogen-bond donors (Lipinski definition) is 0. The van der Waals surface area contributed by atoms with Gasteiger partial charge in [0.2, 0.25) is 0 Å². The first-order chi connectivity index (χ1) is 30.8. The van der Waals surface area contributed by atoms with Crippen molar-refractivity contribution in [3.8, 4) is 44.8 Å². The monoisotopic (exact) mass is 806 g/mol. The van der Waals surface area contributed by atoms with Crippen LogP contribution in [0.15, 0.2) is 186 Å². The molecule has 0 saturated carbocycles. The fourth-order valence-electron chi connectivity index (χ4n) is 11.9. The van der Waals surface area contributed by atoms with Gasteiger partial charge in [-0.2, -0.15) is 0 Å². The second kappa shape index (κ2) is 12.1. The van der Waals surface area contributed by atoms with Gasteiger partial charge < -0.3 is 13.6 Å². The Morgan fingerprint density at radius 3 is 1.49 bits per heavy atom. The van der Waals surface area contributed by atoms with Crippen molar-refractivity contribution in [2.75, 3.05) is 0 Å². The second-order valence-electron chi connectivity index (χ2n) is 18.9. The molecular weight excluding hydrogens is 765 g/mol. The summed E-state index contributed by atoms with van der Waals surface area (Å²) < 4.78 is 11.4. The smallest absolute Gasteiger partial charge is 0.135 e. The molecule has 14 rings (SSSR count). The van der Waals surface area contributed by atoms with Gasteiger partial charge in [-0.15, -0.1) is 0 Å². The maximum atomic E-state index is 6.39. The number of fused-ring (bicyclic) bond motifs is 16. The molecule has 0 unspecified atom stereocenters. The highest BCUT2D eigenvalue weighted by molar-refractivity contribution is 6.13. The molecule has 9 aromatic carbocycles. The highest BCUT2D eigenvalue weighted by Crippen LogP contribution is 2.54. The third-order valence-corrected chi connectivity index (χ3v) is 14.9. The molecule has 0 aliphatic heterocycles. The summed E-state index contributed by atoms with van der Waals surface area (Å²) in [7, 11) is 0. The van der Waals surface area contributed by atoms with Gasteiger partial charge >= 0.3 is 0 Å². The van der Waals surface area contributed by atoms with Gasteiger partial charge in [-0.05, 0) is 116 Å². The van der Waals surface area contributed by atoms with Crippen molar-refractivity contribution in [3.63, 3.8) is 0 Å². The minimum absolute atomic E-state index is 0.0838. The molecule has 3 nitrogen and oxygen atoms in total. The molecule has 298 valence electrons. The number of furan rings is 1. The van der Waals surface area contributed by atoms with E-state index in [1.54, 1.807) is 0 Å². The fraction of sp³-hybridized carbons (Fsp3) is 0.100. The molecular formula is C60H42N2O. The van der Waals surface area contributed by atoms with Crippen LogP contribution in [0, 0.1) is 0 Å². The number of para-hydroxylation sites is 3. The normalized spacial score (nSPS) is 14.6. The molecule has 3 heterocycles. The van der Waals surface area contributed by atoms with Crippen molar-refractivity contribution in [1.29, 1.82) is 0 Å². The quantitative estimate of drug-likeness (QED) is 0.174. The van der Waals surface area contributed by atoms with Crippen molar-refractivity contribution < 1.29 is 4.42 Å². The first-order valence-electron chi connectivity index (χ1n) is 22.2. The van der Waals surface area contributed by atoms with Gasteiger partial charge in [-0.3, -0.25) is 0 Å². The lowest BCUT2D eigenvalue weighted by Gasteiger charge is -2.23. The zero-order valence-electron chi connectivity index (χ0n) is 35.6. The summed E-state index contributed by atoms with van der Waals surface area (Å²) >= 11 is 0. The maximum Gasteiger partial charge on any atom is 0.135 e. The summed E-state index contributed by atoms with van der Waals surface area (Å²) in [4.78, 5) is 0. The van der Waals surface area contributed by atoms with Gasteiger partial charge in [-0.25, -0.2) is 0 Å². The van der Waals surface area contributed by atoms with Gasteiger partial charge in [0.05, 0.1) is 22.1 Å². The predicted molar refractivity (Wildman–Crippen MR) is 263 cm³/mol. The fourth-order valence-corrected chi connectivity index (χ4v) is 11.9. The average Bonchev–Trinajstić information content (AvgIpc) is 4.07. The zero-order chi connectivity index (χ0) is 41.9. The molecule has 2 aliphatic carbocycles. The van der Waals surface area contributed by atoms with E-state index in [-0.39, 0.29) is 10.8 Å². The number of hydrogen-bond acceptors (Lipinski definition) is 1. The highest BCUT2D eigenvalue weighted by atomic mass is 16.3. The molecule has 0 radical (unpaired) electrons. The third kappa shape index (κ3) is 4.54. The predicted octanol–water partition coefficient (Wildman–Crippen LogP) is 16.1. The van der Waals surface area contributed by atoms with Crippen LogP contribution in [-0.4, -0.2) is 9.13 Å². The molecule has 3 aromatic heterocycles. The van der Waals surface area contributed by atoms with E-state index < -0.39 is 0 Å². The Morgan fingerprint density at radius 1 is 0.349 bits per heavy atom. The largest absolute Gasteiger partial charge is 0.456 e. The van der Waals surface area contributed by atoms with E-state index in [4.69, 9.17) is 4.42 Å². The van der Waals surface area contributed by atoms with E-state index >= 15 is 0 Å². The van der Waals surface area contributed by atoms with E-state index in [1.165, 1.54) is 121 Å². The first kappa shape index (κ1) is 35.0. The third-order valence-electron chi connectivity index (χ3n) is 14.9. The standard InChI is InChI=1S/C60H42N2O/c1-59(2)48-17-9-5-13-39(48)40-27-23-37(33-49(40)59)61-51-18-10-6-14-42(51)44-25-21-35(31-53(44)61)36-22-26-45-43-15-7-11-19-52(43)62(54(45)32-36)38-24-28-41-46-29-30-56-57(47-16-8-12-20-55(47)63-56)58(46)60(3,4)50(41)34-38/h5-34H,1-4H3. The SMILES string of the molecule is CC1(C)c2ccccc2-c2ccc(-n3c4ccccc4c4ccc(-c5ccc6c7ccccc7n(-c7ccc8c(c7)C(C)(C)c7c-8ccc8oc9ccccc9c78)c6c5)cc43)cc21. The Morgan fingerprint density at radius 2 is 0.841 bits per heavy atom. The lowest BCUT2D eigenvalue weighted by atomic mass is 9.80. The number of benzene rings is 9. The van der Waals surface area contributed by atoms with Crippen LogP contribution in [0.2, 0.25) is 0 Å². The van der Waals surface area contributed by atoms with Crippen LogP contribution in [0.5, 0.6) is 0 Å². The number of nitrogens with zero attached hydrogens (tertiary/aromatic N) is 2. The molecule has 2 aliphatic rings. The van der Waals surface area contributed by atoms with Crippen LogP contribution < -0.4 is 0 Å². The lowest BCUT2D eigenvalue weighted by Crippen LogP contribution is -2.16. The van der Waals surface area contributed by atoms with Gasteiger partial charge in [0.1, 0.15) is 11.2 Å². The van der Waals surface area contributed by atoms with E-state index in [9.17, 15) is 0 Å². The van der Waals surface area contributed by atoms with Crippen molar-refractivity contribution >= 4 is 65.6 Å². The lowest BCUT2D eigenvalue weighted by molar-refractivity contribution is 0.656.